The van der Waals surface area contributed by atoms with E-state index in [0.29, 0.717) is 6.54 Å². The number of rotatable bonds is 7. The maximum absolute atomic E-state index is 12.8. The van der Waals surface area contributed by atoms with Crippen LogP contribution >= 0.6 is 12.2 Å². The van der Waals surface area contributed by atoms with Crippen LogP contribution in [-0.2, 0) is 6.18 Å². The molecule has 9 nitrogen and oxygen atoms in total. The lowest BCUT2D eigenvalue weighted by Crippen LogP contribution is -2.39. The third-order valence-electron chi connectivity index (χ3n) is 2.93. The van der Waals surface area contributed by atoms with Gasteiger partial charge in [0.1, 0.15) is 0 Å². The molecule has 0 aliphatic carbocycles. The summed E-state index contributed by atoms with van der Waals surface area (Å²) >= 11 is 4.87. The lowest BCUT2D eigenvalue weighted by atomic mass is 10.1. The first kappa shape index (κ1) is 20.3. The van der Waals surface area contributed by atoms with Gasteiger partial charge in [0.15, 0.2) is 5.11 Å². The van der Waals surface area contributed by atoms with Crippen LogP contribution in [0.1, 0.15) is 25.3 Å². The molecule has 138 valence electrons. The van der Waals surface area contributed by atoms with Gasteiger partial charge in [-0.1, -0.05) is 13.3 Å². The van der Waals surface area contributed by atoms with E-state index in [4.69, 9.17) is 12.2 Å². The summed E-state index contributed by atoms with van der Waals surface area (Å²) in [6.45, 7) is 2.42. The highest BCUT2D eigenvalue weighted by atomic mass is 32.1. The standard InChI is InChI=1S/C12H14F3N5O4S/c1-2-3-4-16-11(25)18-17-10-8(19(21)22)5-7(12(13,14)15)6-9(10)20(23)24/h5-6,17H,2-4H2,1H3,(H2,16,18,25). The first-order valence-corrected chi connectivity index (χ1v) is 7.32. The number of nitro groups is 2. The predicted octanol–water partition coefficient (Wildman–Crippen LogP) is 3.11. The van der Waals surface area contributed by atoms with Crippen LogP contribution in [0.25, 0.3) is 0 Å². The zero-order chi connectivity index (χ0) is 19.2. The Bertz CT molecular complexity index is 648. The molecule has 3 N–H and O–H groups in total. The molecule has 0 spiro atoms. The van der Waals surface area contributed by atoms with Crippen LogP contribution in [0, 0.1) is 20.2 Å². The van der Waals surface area contributed by atoms with Crippen LogP contribution in [0.15, 0.2) is 12.1 Å². The van der Waals surface area contributed by atoms with Crippen LogP contribution in [0.4, 0.5) is 30.2 Å². The number of hydrogen-bond donors (Lipinski definition) is 3. The number of nitrogens with one attached hydrogen (secondary N) is 3. The van der Waals surface area contributed by atoms with E-state index in [1.807, 2.05) is 6.92 Å². The number of hydrazine groups is 1. The fraction of sp³-hybridized carbons (Fsp3) is 0.417. The quantitative estimate of drug-likeness (QED) is 0.285. The fourth-order valence-electron chi connectivity index (χ4n) is 1.73. The van der Waals surface area contributed by atoms with Crippen molar-refractivity contribution in [2.24, 2.45) is 0 Å². The van der Waals surface area contributed by atoms with Crippen molar-refractivity contribution in [3.05, 3.63) is 37.9 Å². The molecule has 0 bridgehead atoms. The van der Waals surface area contributed by atoms with E-state index in [0.717, 1.165) is 12.8 Å². The largest absolute Gasteiger partial charge is 0.416 e. The van der Waals surface area contributed by atoms with E-state index in [2.05, 4.69) is 16.2 Å². The van der Waals surface area contributed by atoms with Crippen molar-refractivity contribution in [2.75, 3.05) is 12.0 Å². The predicted molar refractivity (Wildman–Crippen MR) is 87.0 cm³/mol. The summed E-state index contributed by atoms with van der Waals surface area (Å²) in [7, 11) is 0. The summed E-state index contributed by atoms with van der Waals surface area (Å²) < 4.78 is 38.3. The van der Waals surface area contributed by atoms with Gasteiger partial charge in [-0.25, -0.2) is 0 Å². The minimum absolute atomic E-state index is 0.0167. The average molecular weight is 381 g/mol. The number of anilines is 1. The van der Waals surface area contributed by atoms with E-state index in [1.54, 1.807) is 0 Å². The summed E-state index contributed by atoms with van der Waals surface area (Å²) in [5, 5.41) is 24.8. The molecule has 0 aromatic heterocycles. The van der Waals surface area contributed by atoms with Gasteiger partial charge in [0.05, 0.1) is 15.4 Å². The minimum Gasteiger partial charge on any atom is -0.361 e. The highest BCUT2D eigenvalue weighted by molar-refractivity contribution is 7.80. The molecular weight excluding hydrogens is 367 g/mol. The van der Waals surface area contributed by atoms with Gasteiger partial charge < -0.3 is 5.32 Å². The van der Waals surface area contributed by atoms with Crippen molar-refractivity contribution in [1.82, 2.24) is 10.7 Å². The molecule has 13 heteroatoms. The van der Waals surface area contributed by atoms with Crippen molar-refractivity contribution in [3.8, 4) is 0 Å². The van der Waals surface area contributed by atoms with Crippen LogP contribution in [0.5, 0.6) is 0 Å². The number of halogens is 3. The Hall–Kier alpha value is -2.70. The number of unbranched alkanes of at least 4 members (excludes halogenated alkanes) is 1. The number of nitrogens with zero attached hydrogens (tertiary/aromatic N) is 2. The van der Waals surface area contributed by atoms with Gasteiger partial charge >= 0.3 is 17.6 Å². The zero-order valence-corrected chi connectivity index (χ0v) is 13.7. The van der Waals surface area contributed by atoms with Crippen LogP contribution in [0.2, 0.25) is 0 Å². The second kappa shape index (κ2) is 8.41. The Labute approximate surface area is 144 Å². The van der Waals surface area contributed by atoms with Crippen LogP contribution in [0.3, 0.4) is 0 Å². The van der Waals surface area contributed by atoms with E-state index < -0.39 is 38.6 Å². The SMILES string of the molecule is CCCCNC(=S)NNc1c([N+](=O)[O-])cc(C(F)(F)F)cc1[N+](=O)[O-]. The summed E-state index contributed by atoms with van der Waals surface area (Å²) in [5.41, 5.74) is -0.0135. The zero-order valence-electron chi connectivity index (χ0n) is 12.8. The van der Waals surface area contributed by atoms with Crippen molar-refractivity contribution >= 4 is 34.4 Å². The van der Waals surface area contributed by atoms with Crippen molar-refractivity contribution in [2.45, 2.75) is 25.9 Å². The molecule has 0 aliphatic rings. The molecule has 25 heavy (non-hydrogen) atoms. The highest BCUT2D eigenvalue weighted by Gasteiger charge is 2.37. The third-order valence-corrected chi connectivity index (χ3v) is 3.18. The number of nitro benzene ring substituents is 2. The Morgan fingerprint density at radius 2 is 1.72 bits per heavy atom. The summed E-state index contributed by atoms with van der Waals surface area (Å²) in [6, 6.07) is 0.426. The van der Waals surface area contributed by atoms with E-state index in [9.17, 15) is 33.4 Å². The van der Waals surface area contributed by atoms with Crippen molar-refractivity contribution in [1.29, 1.82) is 0 Å². The summed E-state index contributed by atoms with van der Waals surface area (Å²) in [4.78, 5) is 19.8. The normalized spacial score (nSPS) is 10.9. The number of alkyl halides is 3. The molecule has 0 aliphatic heterocycles. The minimum atomic E-state index is -4.97. The Morgan fingerprint density at radius 1 is 1.20 bits per heavy atom. The van der Waals surface area contributed by atoms with Gasteiger partial charge in [-0.05, 0) is 18.6 Å². The van der Waals surface area contributed by atoms with Crippen molar-refractivity contribution < 1.29 is 23.0 Å². The topological polar surface area (TPSA) is 122 Å². The maximum atomic E-state index is 12.8. The lowest BCUT2D eigenvalue weighted by molar-refractivity contribution is -0.392. The molecule has 1 aromatic rings. The Kier molecular flexibility index (Phi) is 6.85. The first-order chi connectivity index (χ1) is 11.6. The van der Waals surface area contributed by atoms with Crippen LogP contribution < -0.4 is 16.2 Å². The monoisotopic (exact) mass is 381 g/mol. The fourth-order valence-corrected chi connectivity index (χ4v) is 1.89. The molecular formula is C12H14F3N5O4S. The Balaban J connectivity index is 3.17. The van der Waals surface area contributed by atoms with E-state index in [1.165, 1.54) is 0 Å². The molecule has 0 fully saturated rings. The third kappa shape index (κ3) is 5.70. The van der Waals surface area contributed by atoms with Gasteiger partial charge in [-0.3, -0.25) is 31.1 Å². The molecule has 0 amide bonds. The van der Waals surface area contributed by atoms with E-state index >= 15 is 0 Å². The molecule has 0 saturated heterocycles. The number of thiocarbonyl (C=S) groups is 1. The number of benzene rings is 1. The highest BCUT2D eigenvalue weighted by Crippen LogP contribution is 2.40. The maximum Gasteiger partial charge on any atom is 0.416 e. The molecule has 0 heterocycles. The number of hydrogen-bond acceptors (Lipinski definition) is 6. The molecule has 0 saturated carbocycles. The van der Waals surface area contributed by atoms with Gasteiger partial charge in [0, 0.05) is 18.7 Å². The molecule has 1 aromatic carbocycles. The summed E-state index contributed by atoms with van der Waals surface area (Å²) in [5.74, 6) is 0. The average Bonchev–Trinajstić information content (AvgIpc) is 2.51. The van der Waals surface area contributed by atoms with Gasteiger partial charge in [-0.15, -0.1) is 0 Å². The molecule has 0 atom stereocenters. The van der Waals surface area contributed by atoms with Crippen LogP contribution in [-0.4, -0.2) is 21.5 Å². The van der Waals surface area contributed by atoms with Gasteiger partial charge in [0.2, 0.25) is 5.69 Å². The van der Waals surface area contributed by atoms with E-state index in [-0.39, 0.29) is 17.2 Å². The second-order valence-electron chi connectivity index (χ2n) is 4.76. The van der Waals surface area contributed by atoms with Gasteiger partial charge in [0.25, 0.3) is 0 Å². The molecule has 1 rings (SSSR count). The van der Waals surface area contributed by atoms with Gasteiger partial charge in [-0.2, -0.15) is 13.2 Å². The molecule has 0 radical (unpaired) electrons. The lowest BCUT2D eigenvalue weighted by Gasteiger charge is -2.14. The second-order valence-corrected chi connectivity index (χ2v) is 5.17. The molecule has 0 unspecified atom stereocenters. The Morgan fingerprint density at radius 3 is 2.12 bits per heavy atom. The smallest absolute Gasteiger partial charge is 0.361 e. The first-order valence-electron chi connectivity index (χ1n) is 6.91. The van der Waals surface area contributed by atoms with Crippen molar-refractivity contribution in [3.63, 3.8) is 0 Å². The summed E-state index contributed by atoms with van der Waals surface area (Å²) in [6.07, 6.45) is -3.32.